The van der Waals surface area contributed by atoms with Gasteiger partial charge in [0, 0.05) is 24.6 Å². The van der Waals surface area contributed by atoms with Crippen molar-refractivity contribution in [3.8, 4) is 0 Å². The molecule has 0 aromatic heterocycles. The molecule has 152 valence electrons. The van der Waals surface area contributed by atoms with Crippen molar-refractivity contribution in [2.75, 3.05) is 11.9 Å². The highest BCUT2D eigenvalue weighted by molar-refractivity contribution is 6.00. The number of esters is 1. The van der Waals surface area contributed by atoms with Gasteiger partial charge in [0.2, 0.25) is 11.7 Å². The topological polar surface area (TPSA) is 89.5 Å². The lowest BCUT2D eigenvalue weighted by molar-refractivity contribution is -0.142. The molecule has 0 fully saturated rings. The van der Waals surface area contributed by atoms with Gasteiger partial charge in [0.25, 0.3) is 0 Å². The molecule has 0 saturated heterocycles. The summed E-state index contributed by atoms with van der Waals surface area (Å²) in [5.41, 5.74) is 2.53. The fourth-order valence-corrected chi connectivity index (χ4v) is 2.59. The zero-order valence-electron chi connectivity index (χ0n) is 16.5. The number of anilines is 1. The van der Waals surface area contributed by atoms with Crippen LogP contribution in [0.15, 0.2) is 36.4 Å². The predicted molar refractivity (Wildman–Crippen MR) is 105 cm³/mol. The van der Waals surface area contributed by atoms with E-state index in [9.17, 15) is 23.6 Å². The van der Waals surface area contributed by atoms with Gasteiger partial charge in [-0.3, -0.25) is 19.2 Å². The summed E-state index contributed by atoms with van der Waals surface area (Å²) in [6.07, 6.45) is -0.224. The number of nitrogens with one attached hydrogen (secondary N) is 1. The fraction of sp³-hybridized carbons (Fsp3) is 0.273. The Hall–Kier alpha value is -3.35. The molecule has 6 nitrogen and oxygen atoms in total. The van der Waals surface area contributed by atoms with E-state index in [0.717, 1.165) is 17.2 Å². The van der Waals surface area contributed by atoms with Crippen LogP contribution in [0.2, 0.25) is 0 Å². The average Bonchev–Trinajstić information content (AvgIpc) is 2.66. The van der Waals surface area contributed by atoms with Crippen LogP contribution in [0, 0.1) is 19.7 Å². The minimum atomic E-state index is -0.831. The van der Waals surface area contributed by atoms with Crippen LogP contribution in [0.5, 0.6) is 0 Å². The van der Waals surface area contributed by atoms with Crippen molar-refractivity contribution in [3.05, 3.63) is 64.5 Å². The van der Waals surface area contributed by atoms with Crippen molar-refractivity contribution < 1.29 is 28.3 Å². The molecule has 0 aliphatic heterocycles. The summed E-state index contributed by atoms with van der Waals surface area (Å²) < 4.78 is 18.9. The number of benzene rings is 2. The molecule has 0 unspecified atom stereocenters. The lowest BCUT2D eigenvalue weighted by Gasteiger charge is -2.08. The molecule has 1 amide bonds. The summed E-state index contributed by atoms with van der Waals surface area (Å²) in [4.78, 5) is 47.0. The molecule has 0 aliphatic carbocycles. The molecule has 0 saturated carbocycles. The van der Waals surface area contributed by atoms with Crippen LogP contribution in [0.25, 0.3) is 0 Å². The summed E-state index contributed by atoms with van der Waals surface area (Å²) in [7, 11) is 0. The summed E-state index contributed by atoms with van der Waals surface area (Å²) in [5.74, 6) is -2.83. The highest BCUT2D eigenvalue weighted by atomic mass is 19.1. The van der Waals surface area contributed by atoms with Crippen LogP contribution in [-0.2, 0) is 14.3 Å². The van der Waals surface area contributed by atoms with E-state index >= 15 is 0 Å². The SMILES string of the molecule is CC(=O)Nc1ccc(C(=O)COC(=O)CCC(=O)c2ccc(C)c(C)c2)c(F)c1. The van der Waals surface area contributed by atoms with Crippen LogP contribution in [0.1, 0.15) is 51.6 Å². The molecule has 0 heterocycles. The second-order valence-electron chi connectivity index (χ2n) is 6.68. The molecule has 1 N–H and O–H groups in total. The van der Waals surface area contributed by atoms with Gasteiger partial charge in [0.1, 0.15) is 5.82 Å². The normalized spacial score (nSPS) is 10.3. The highest BCUT2D eigenvalue weighted by Gasteiger charge is 2.16. The van der Waals surface area contributed by atoms with Crippen LogP contribution in [0.3, 0.4) is 0 Å². The molecule has 0 atom stereocenters. The molecule has 0 radical (unpaired) electrons. The first-order valence-corrected chi connectivity index (χ1v) is 9.04. The summed E-state index contributed by atoms with van der Waals surface area (Å²) in [5, 5.41) is 2.40. The van der Waals surface area contributed by atoms with Gasteiger partial charge in [-0.05, 0) is 49.2 Å². The van der Waals surface area contributed by atoms with Crippen molar-refractivity contribution in [2.24, 2.45) is 0 Å². The van der Waals surface area contributed by atoms with Crippen molar-refractivity contribution >= 4 is 29.1 Å². The zero-order chi connectivity index (χ0) is 21.6. The van der Waals surface area contributed by atoms with E-state index in [2.05, 4.69) is 5.32 Å². The minimum Gasteiger partial charge on any atom is -0.457 e. The third kappa shape index (κ3) is 6.34. The molecule has 2 rings (SSSR count). The van der Waals surface area contributed by atoms with Gasteiger partial charge in [-0.2, -0.15) is 0 Å². The van der Waals surface area contributed by atoms with Crippen LogP contribution >= 0.6 is 0 Å². The van der Waals surface area contributed by atoms with Crippen LogP contribution < -0.4 is 5.32 Å². The predicted octanol–water partition coefficient (Wildman–Crippen LogP) is 3.79. The molecule has 0 spiro atoms. The lowest BCUT2D eigenvalue weighted by Crippen LogP contribution is -2.16. The van der Waals surface area contributed by atoms with Crippen molar-refractivity contribution in [3.63, 3.8) is 0 Å². The molecule has 29 heavy (non-hydrogen) atoms. The van der Waals surface area contributed by atoms with Gasteiger partial charge in [0.15, 0.2) is 12.4 Å². The monoisotopic (exact) mass is 399 g/mol. The quantitative estimate of drug-likeness (QED) is 0.539. The van der Waals surface area contributed by atoms with E-state index in [1.165, 1.54) is 19.1 Å². The smallest absolute Gasteiger partial charge is 0.306 e. The summed E-state index contributed by atoms with van der Waals surface area (Å²) in [6.45, 7) is 4.48. The average molecular weight is 399 g/mol. The van der Waals surface area contributed by atoms with Gasteiger partial charge in [0.05, 0.1) is 12.0 Å². The Kier molecular flexibility index (Phi) is 7.36. The number of rotatable bonds is 8. The Morgan fingerprint density at radius 1 is 0.931 bits per heavy atom. The van der Waals surface area contributed by atoms with E-state index < -0.39 is 24.2 Å². The van der Waals surface area contributed by atoms with E-state index in [4.69, 9.17) is 4.74 Å². The maximum absolute atomic E-state index is 14.0. The Morgan fingerprint density at radius 3 is 2.28 bits per heavy atom. The number of Topliss-reactive ketones (excluding diaryl/α,β-unsaturated/α-hetero) is 2. The zero-order valence-corrected chi connectivity index (χ0v) is 16.5. The summed E-state index contributed by atoms with van der Waals surface area (Å²) in [6, 6.07) is 8.90. The summed E-state index contributed by atoms with van der Waals surface area (Å²) >= 11 is 0. The van der Waals surface area contributed by atoms with Crippen molar-refractivity contribution in [1.82, 2.24) is 0 Å². The highest BCUT2D eigenvalue weighted by Crippen LogP contribution is 2.16. The standard InChI is InChI=1S/C22H22FNO5/c1-13-4-5-16(10-14(13)2)20(26)8-9-22(28)29-12-21(27)18-7-6-17(11-19(18)23)24-15(3)25/h4-7,10-11H,8-9,12H2,1-3H3,(H,24,25). The maximum Gasteiger partial charge on any atom is 0.306 e. The molecule has 2 aromatic carbocycles. The van der Waals surface area contributed by atoms with Gasteiger partial charge in [-0.1, -0.05) is 12.1 Å². The second kappa shape index (κ2) is 9.73. The van der Waals surface area contributed by atoms with Crippen LogP contribution in [0.4, 0.5) is 10.1 Å². The van der Waals surface area contributed by atoms with Gasteiger partial charge in [-0.25, -0.2) is 4.39 Å². The van der Waals surface area contributed by atoms with Crippen molar-refractivity contribution in [2.45, 2.75) is 33.6 Å². The maximum atomic E-state index is 14.0. The molecular formula is C22H22FNO5. The first-order valence-electron chi connectivity index (χ1n) is 9.04. The van der Waals surface area contributed by atoms with E-state index in [0.29, 0.717) is 5.56 Å². The van der Waals surface area contributed by atoms with Crippen molar-refractivity contribution in [1.29, 1.82) is 0 Å². The number of carbonyl (C=O) groups excluding carboxylic acids is 4. The van der Waals surface area contributed by atoms with E-state index in [1.54, 1.807) is 12.1 Å². The number of ether oxygens (including phenoxy) is 1. The number of amides is 1. The number of ketones is 2. The number of carbonyl (C=O) groups is 4. The Morgan fingerprint density at radius 2 is 1.66 bits per heavy atom. The van der Waals surface area contributed by atoms with Gasteiger partial charge in [-0.15, -0.1) is 0 Å². The molecule has 0 aliphatic rings. The third-order valence-corrected chi connectivity index (χ3v) is 4.34. The Balaban J connectivity index is 1.85. The molecule has 2 aromatic rings. The number of halogens is 1. The molecular weight excluding hydrogens is 377 g/mol. The van der Waals surface area contributed by atoms with Gasteiger partial charge >= 0.3 is 5.97 Å². The largest absolute Gasteiger partial charge is 0.457 e. The van der Waals surface area contributed by atoms with E-state index in [1.807, 2.05) is 19.9 Å². The molecule has 0 bridgehead atoms. The minimum absolute atomic E-state index is 0.0463. The Bertz CT molecular complexity index is 968. The van der Waals surface area contributed by atoms with Crippen LogP contribution in [-0.4, -0.2) is 30.0 Å². The Labute approximate surface area is 168 Å². The third-order valence-electron chi connectivity index (χ3n) is 4.34. The number of aryl methyl sites for hydroxylation is 2. The van der Waals surface area contributed by atoms with Gasteiger partial charge < -0.3 is 10.1 Å². The second-order valence-corrected chi connectivity index (χ2v) is 6.68. The molecule has 7 heteroatoms. The first-order chi connectivity index (χ1) is 13.7. The number of hydrogen-bond donors (Lipinski definition) is 1. The van der Waals surface area contributed by atoms with E-state index in [-0.39, 0.29) is 35.8 Å². The lowest BCUT2D eigenvalue weighted by atomic mass is 10.0. The number of hydrogen-bond acceptors (Lipinski definition) is 5. The fourth-order valence-electron chi connectivity index (χ4n) is 2.59. The first kappa shape index (κ1) is 21.9.